The van der Waals surface area contributed by atoms with Gasteiger partial charge >= 0.3 is 0 Å². The van der Waals surface area contributed by atoms with Crippen LogP contribution < -0.4 is 0 Å². The van der Waals surface area contributed by atoms with Crippen molar-refractivity contribution in [2.45, 2.75) is 79.2 Å². The molecule has 0 fully saturated rings. The first-order chi connectivity index (χ1) is 9.59. The summed E-state index contributed by atoms with van der Waals surface area (Å²) in [6.07, 6.45) is 12.9. The SMILES string of the molecule is CC(C)=CCCCCn1nncc1CCCCC(C)C. The monoisotopic (exact) mass is 277 g/mol. The van der Waals surface area contributed by atoms with Gasteiger partial charge in [-0.05, 0) is 51.9 Å². The fraction of sp³-hybridized carbons (Fsp3) is 0.765. The average Bonchev–Trinajstić information content (AvgIpc) is 2.81. The first-order valence-electron chi connectivity index (χ1n) is 8.10. The molecule has 3 nitrogen and oxygen atoms in total. The van der Waals surface area contributed by atoms with Crippen molar-refractivity contribution in [3.05, 3.63) is 23.5 Å². The quantitative estimate of drug-likeness (QED) is 0.455. The zero-order valence-corrected chi connectivity index (χ0v) is 13.7. The Hall–Kier alpha value is -1.12. The van der Waals surface area contributed by atoms with Crippen LogP contribution in [0.1, 0.15) is 71.9 Å². The van der Waals surface area contributed by atoms with Gasteiger partial charge in [0.15, 0.2) is 0 Å². The van der Waals surface area contributed by atoms with Gasteiger partial charge < -0.3 is 0 Å². The van der Waals surface area contributed by atoms with Gasteiger partial charge in [-0.2, -0.15) is 0 Å². The predicted molar refractivity (Wildman–Crippen MR) is 85.7 cm³/mol. The van der Waals surface area contributed by atoms with E-state index in [0.717, 1.165) is 18.9 Å². The summed E-state index contributed by atoms with van der Waals surface area (Å²) in [5.41, 5.74) is 2.72. The molecule has 0 N–H and O–H groups in total. The average molecular weight is 277 g/mol. The standard InChI is InChI=1S/C17H31N3/c1-15(2)10-6-5-9-13-20-17(14-18-19-20)12-8-7-11-16(3)4/h10,14,16H,5-9,11-13H2,1-4H3. The lowest BCUT2D eigenvalue weighted by atomic mass is 10.0. The zero-order chi connectivity index (χ0) is 14.8. The minimum absolute atomic E-state index is 0.813. The van der Waals surface area contributed by atoms with Crippen molar-refractivity contribution >= 4 is 0 Å². The zero-order valence-electron chi connectivity index (χ0n) is 13.7. The van der Waals surface area contributed by atoms with Gasteiger partial charge in [-0.3, -0.25) is 0 Å². The maximum absolute atomic E-state index is 4.21. The lowest BCUT2D eigenvalue weighted by Gasteiger charge is -2.07. The fourth-order valence-electron chi connectivity index (χ4n) is 2.32. The molecule has 0 spiro atoms. The highest BCUT2D eigenvalue weighted by molar-refractivity contribution is 4.94. The molecule has 1 aromatic rings. The van der Waals surface area contributed by atoms with E-state index in [9.17, 15) is 0 Å². The molecule has 0 unspecified atom stereocenters. The minimum Gasteiger partial charge on any atom is -0.249 e. The Morgan fingerprint density at radius 2 is 2.00 bits per heavy atom. The molecule has 0 amide bonds. The van der Waals surface area contributed by atoms with Gasteiger partial charge in [-0.1, -0.05) is 43.6 Å². The summed E-state index contributed by atoms with van der Waals surface area (Å²) in [6.45, 7) is 9.91. The van der Waals surface area contributed by atoms with Crippen LogP contribution >= 0.6 is 0 Å². The fourth-order valence-corrected chi connectivity index (χ4v) is 2.32. The lowest BCUT2D eigenvalue weighted by molar-refractivity contribution is 0.504. The number of unbranched alkanes of at least 4 members (excludes halogenated alkanes) is 3. The third kappa shape index (κ3) is 7.46. The van der Waals surface area contributed by atoms with Crippen LogP contribution in [0.2, 0.25) is 0 Å². The first kappa shape index (κ1) is 16.9. The first-order valence-corrected chi connectivity index (χ1v) is 8.10. The molecule has 0 bridgehead atoms. The Balaban J connectivity index is 2.22. The van der Waals surface area contributed by atoms with E-state index in [-0.39, 0.29) is 0 Å². The van der Waals surface area contributed by atoms with Crippen molar-refractivity contribution in [2.75, 3.05) is 0 Å². The van der Waals surface area contributed by atoms with Crippen LogP contribution in [0.3, 0.4) is 0 Å². The summed E-state index contributed by atoms with van der Waals surface area (Å²) in [7, 11) is 0. The summed E-state index contributed by atoms with van der Waals surface area (Å²) in [5.74, 6) is 0.813. The molecule has 0 radical (unpaired) electrons. The van der Waals surface area contributed by atoms with Crippen molar-refractivity contribution in [1.29, 1.82) is 0 Å². The van der Waals surface area contributed by atoms with E-state index >= 15 is 0 Å². The van der Waals surface area contributed by atoms with E-state index in [0.29, 0.717) is 0 Å². The topological polar surface area (TPSA) is 30.7 Å². The van der Waals surface area contributed by atoms with Crippen LogP contribution in [0, 0.1) is 5.92 Å². The molecule has 0 aliphatic carbocycles. The highest BCUT2D eigenvalue weighted by Crippen LogP contribution is 2.11. The molecule has 1 aromatic heterocycles. The van der Waals surface area contributed by atoms with Gasteiger partial charge in [-0.25, -0.2) is 4.68 Å². The van der Waals surface area contributed by atoms with Gasteiger partial charge in [0.1, 0.15) is 0 Å². The van der Waals surface area contributed by atoms with Crippen molar-refractivity contribution in [3.63, 3.8) is 0 Å². The third-order valence-electron chi connectivity index (χ3n) is 3.54. The molecule has 0 saturated carbocycles. The molecule has 0 saturated heterocycles. The second-order valence-corrected chi connectivity index (χ2v) is 6.37. The lowest BCUT2D eigenvalue weighted by Crippen LogP contribution is -2.05. The summed E-state index contributed by atoms with van der Waals surface area (Å²) >= 11 is 0. The van der Waals surface area contributed by atoms with Gasteiger partial charge in [0.2, 0.25) is 0 Å². The van der Waals surface area contributed by atoms with Crippen molar-refractivity contribution in [1.82, 2.24) is 15.0 Å². The second-order valence-electron chi connectivity index (χ2n) is 6.37. The number of rotatable bonds is 10. The van der Waals surface area contributed by atoms with Crippen LogP contribution in [0.5, 0.6) is 0 Å². The molecule has 114 valence electrons. The van der Waals surface area contributed by atoms with Crippen LogP contribution in [-0.4, -0.2) is 15.0 Å². The summed E-state index contributed by atoms with van der Waals surface area (Å²) in [6, 6.07) is 0. The molecule has 1 rings (SSSR count). The van der Waals surface area contributed by atoms with Crippen LogP contribution in [0.15, 0.2) is 17.8 Å². The van der Waals surface area contributed by atoms with Crippen LogP contribution in [-0.2, 0) is 13.0 Å². The highest BCUT2D eigenvalue weighted by Gasteiger charge is 2.03. The summed E-state index contributed by atoms with van der Waals surface area (Å²) in [4.78, 5) is 0. The number of allylic oxidation sites excluding steroid dienone is 2. The van der Waals surface area contributed by atoms with E-state index in [1.54, 1.807) is 0 Å². The molecule has 0 aliphatic rings. The maximum atomic E-state index is 4.21. The Kier molecular flexibility index (Phi) is 8.24. The third-order valence-corrected chi connectivity index (χ3v) is 3.54. The second kappa shape index (κ2) is 9.73. The molecule has 20 heavy (non-hydrogen) atoms. The summed E-state index contributed by atoms with van der Waals surface area (Å²) < 4.78 is 2.10. The molecule has 1 heterocycles. The van der Waals surface area contributed by atoms with E-state index in [1.165, 1.54) is 49.8 Å². The molecular weight excluding hydrogens is 246 g/mol. The predicted octanol–water partition coefficient (Wildman–Crippen LogP) is 4.78. The number of nitrogens with zero attached hydrogens (tertiary/aromatic N) is 3. The molecule has 0 atom stereocenters. The normalized spacial score (nSPS) is 11.1. The van der Waals surface area contributed by atoms with Crippen molar-refractivity contribution in [3.8, 4) is 0 Å². The van der Waals surface area contributed by atoms with Crippen molar-refractivity contribution in [2.24, 2.45) is 5.92 Å². The van der Waals surface area contributed by atoms with Gasteiger partial charge in [0, 0.05) is 6.54 Å². The highest BCUT2D eigenvalue weighted by atomic mass is 15.4. The number of hydrogen-bond donors (Lipinski definition) is 0. The maximum Gasteiger partial charge on any atom is 0.0725 e. The minimum atomic E-state index is 0.813. The largest absolute Gasteiger partial charge is 0.249 e. The number of aromatic nitrogens is 3. The molecule has 3 heteroatoms. The smallest absolute Gasteiger partial charge is 0.0725 e. The Labute approximate surface area is 124 Å². The molecule has 0 aromatic carbocycles. The Morgan fingerprint density at radius 1 is 1.20 bits per heavy atom. The number of hydrogen-bond acceptors (Lipinski definition) is 2. The van der Waals surface area contributed by atoms with Gasteiger partial charge in [0.25, 0.3) is 0 Å². The Morgan fingerprint density at radius 3 is 2.70 bits per heavy atom. The van der Waals surface area contributed by atoms with Crippen LogP contribution in [0.25, 0.3) is 0 Å². The Bertz CT molecular complexity index is 387. The van der Waals surface area contributed by atoms with Gasteiger partial charge in [-0.15, -0.1) is 5.10 Å². The molecular formula is C17H31N3. The number of aryl methyl sites for hydroxylation is 2. The van der Waals surface area contributed by atoms with Crippen molar-refractivity contribution < 1.29 is 0 Å². The van der Waals surface area contributed by atoms with Crippen LogP contribution in [0.4, 0.5) is 0 Å². The van der Waals surface area contributed by atoms with E-state index in [4.69, 9.17) is 0 Å². The molecule has 0 aliphatic heterocycles. The summed E-state index contributed by atoms with van der Waals surface area (Å²) in [5, 5.41) is 8.28. The van der Waals surface area contributed by atoms with Gasteiger partial charge in [0.05, 0.1) is 11.9 Å². The van der Waals surface area contributed by atoms with E-state index in [1.807, 2.05) is 6.20 Å². The van der Waals surface area contributed by atoms with E-state index < -0.39 is 0 Å². The van der Waals surface area contributed by atoms with E-state index in [2.05, 4.69) is 48.8 Å².